The van der Waals surface area contributed by atoms with E-state index in [0.717, 1.165) is 13.6 Å². The van der Waals surface area contributed by atoms with E-state index in [1.54, 1.807) is 0 Å². The predicted molar refractivity (Wildman–Crippen MR) is 269 cm³/mol. The molecule has 0 amide bonds. The molecule has 0 unspecified atom stereocenters. The lowest BCUT2D eigenvalue weighted by Gasteiger charge is -2.37. The molecule has 0 saturated carbocycles. The molecule has 6 aromatic rings. The van der Waals surface area contributed by atoms with Crippen molar-refractivity contribution in [3.05, 3.63) is 173 Å². The first kappa shape index (κ1) is 49.2. The average Bonchev–Trinajstić information content (AvgIpc) is 3.67. The number of halogens is 2. The molecule has 0 aliphatic rings. The highest BCUT2D eigenvalue weighted by Crippen LogP contribution is 2.41. The normalized spacial score (nSPS) is 12.0. The molecule has 320 valence electrons. The molecule has 6 rings (SSSR count). The van der Waals surface area contributed by atoms with Crippen LogP contribution < -0.4 is 15.3 Å². The standard InChI is InChI=1S/C42H59Cl2N2PSi.2C6H6/c1-25(2)32-23-37(30(11)12)41(38(24-32)31(13)14)47-48(43,44)42-45(39-33(26(3)4)17-15-18-34(39)27(5)6)21-22-46(42)40-35(28(7)8)19-16-20-36(40)29(9)10;2*1-2-4-6-5-3-1/h15-31H,1-14H3;2*1-6H. The third-order valence-electron chi connectivity index (χ3n) is 10.9. The maximum atomic E-state index is 8.08. The van der Waals surface area contributed by atoms with Crippen molar-refractivity contribution in [1.82, 2.24) is 4.57 Å². The van der Waals surface area contributed by atoms with Gasteiger partial charge in [0.05, 0.1) is 0 Å². The molecule has 0 radical (unpaired) electrons. The number of imidazole rings is 1. The van der Waals surface area contributed by atoms with Crippen LogP contribution in [-0.4, -0.2) is 10.9 Å². The summed E-state index contributed by atoms with van der Waals surface area (Å²) in [5, 5.41) is 1.31. The topological polar surface area (TPSA) is 8.81 Å². The van der Waals surface area contributed by atoms with Gasteiger partial charge in [-0.05, 0) is 47.0 Å². The molecule has 60 heavy (non-hydrogen) atoms. The smallest absolute Gasteiger partial charge is 0.240 e. The largest absolute Gasteiger partial charge is 0.460 e. The molecule has 1 aromatic heterocycles. The number of benzene rings is 5. The lowest BCUT2D eigenvalue weighted by Crippen LogP contribution is -2.59. The Balaban J connectivity index is 0.000000563. The van der Waals surface area contributed by atoms with Crippen LogP contribution in [0.15, 0.2) is 134 Å². The van der Waals surface area contributed by atoms with Crippen LogP contribution in [0.2, 0.25) is 0 Å². The summed E-state index contributed by atoms with van der Waals surface area (Å²) in [7, 11) is 1.01. The molecule has 2 nitrogen and oxygen atoms in total. The number of nitrogens with zero attached hydrogens (tertiary/aromatic N) is 2. The van der Waals surface area contributed by atoms with E-state index in [4.69, 9.17) is 22.2 Å². The van der Waals surface area contributed by atoms with Gasteiger partial charge in [0.15, 0.2) is 0 Å². The van der Waals surface area contributed by atoms with Gasteiger partial charge >= 0.3 is 0 Å². The first-order valence-electron chi connectivity index (χ1n) is 22.1. The quantitative estimate of drug-likeness (QED) is 0.0501. The Kier molecular flexibility index (Phi) is 18.5. The van der Waals surface area contributed by atoms with E-state index in [0.29, 0.717) is 41.4 Å². The van der Waals surface area contributed by atoms with E-state index >= 15 is 0 Å². The Morgan fingerprint density at radius 2 is 0.783 bits per heavy atom. The molecule has 6 heteroatoms. The number of hydrogen-bond acceptors (Lipinski definition) is 0. The summed E-state index contributed by atoms with van der Waals surface area (Å²) in [5.74, 6) is 2.48. The summed E-state index contributed by atoms with van der Waals surface area (Å²) in [6.07, 6.45) is 1.16. The van der Waals surface area contributed by atoms with Gasteiger partial charge in [0.25, 0.3) is 0 Å². The summed E-state index contributed by atoms with van der Waals surface area (Å²) in [6, 6.07) is 42.4. The van der Waals surface area contributed by atoms with Crippen molar-refractivity contribution in [3.8, 4) is 11.4 Å². The molecule has 0 bridgehead atoms. The Hall–Kier alpha value is -3.46. The van der Waals surface area contributed by atoms with Gasteiger partial charge in [0, 0.05) is 22.3 Å². The second-order valence-corrected chi connectivity index (χ2v) is 28.5. The second-order valence-electron chi connectivity index (χ2n) is 18.0. The zero-order chi connectivity index (χ0) is 44.3. The van der Waals surface area contributed by atoms with Crippen molar-refractivity contribution < 1.29 is 4.57 Å². The van der Waals surface area contributed by atoms with Gasteiger partial charge in [-0.15, -0.1) is 0 Å². The van der Waals surface area contributed by atoms with Crippen molar-refractivity contribution in [2.45, 2.75) is 138 Å². The van der Waals surface area contributed by atoms with E-state index in [1.165, 1.54) is 55.6 Å². The third-order valence-corrected chi connectivity index (χ3v) is 17.6. The molecule has 0 spiro atoms. The minimum absolute atomic E-state index is 0.333. The van der Waals surface area contributed by atoms with Crippen molar-refractivity contribution >= 4 is 47.4 Å². The van der Waals surface area contributed by atoms with Crippen LogP contribution in [0.5, 0.6) is 0 Å². The molecule has 5 aromatic carbocycles. The average molecular weight is 878 g/mol. The number of para-hydroxylation sites is 2. The molecule has 0 aliphatic carbocycles. The first-order valence-corrected chi connectivity index (χ1v) is 27.8. The Morgan fingerprint density at radius 3 is 1.10 bits per heavy atom. The molecule has 0 atom stereocenters. The van der Waals surface area contributed by atoms with Gasteiger partial charge in [0.2, 0.25) is 11.8 Å². The molecule has 1 heterocycles. The van der Waals surface area contributed by atoms with Gasteiger partial charge in [-0.2, -0.15) is 27.5 Å². The van der Waals surface area contributed by atoms with E-state index in [1.807, 2.05) is 72.8 Å². The van der Waals surface area contributed by atoms with E-state index in [9.17, 15) is 0 Å². The lowest BCUT2D eigenvalue weighted by molar-refractivity contribution is -0.577. The van der Waals surface area contributed by atoms with Gasteiger partial charge in [-0.1, -0.05) is 229 Å². The van der Waals surface area contributed by atoms with Crippen LogP contribution in [0.1, 0.15) is 177 Å². The van der Waals surface area contributed by atoms with Gasteiger partial charge < -0.3 is 8.13 Å². The summed E-state index contributed by atoms with van der Waals surface area (Å²) >= 11 is 16.2. The molecular weight excluding hydrogens is 807 g/mol. The zero-order valence-electron chi connectivity index (χ0n) is 38.8. The Labute approximate surface area is 376 Å². The van der Waals surface area contributed by atoms with Gasteiger partial charge in [0.1, 0.15) is 23.8 Å². The fourth-order valence-electron chi connectivity index (χ4n) is 7.63. The molecular formula is C54H71Cl2N2PSi. The number of hydrogen-bond donors (Lipinski definition) is 0. The molecule has 0 aliphatic heterocycles. The maximum Gasteiger partial charge on any atom is 0.240 e. The van der Waals surface area contributed by atoms with Crippen LogP contribution in [0, 0.1) is 0 Å². The van der Waals surface area contributed by atoms with Crippen molar-refractivity contribution in [3.63, 3.8) is 0 Å². The molecule has 0 N–H and O–H groups in total. The van der Waals surface area contributed by atoms with Crippen LogP contribution in [0.25, 0.3) is 11.4 Å². The summed E-state index contributed by atoms with van der Waals surface area (Å²) in [5.41, 5.74) is 12.8. The van der Waals surface area contributed by atoms with Crippen molar-refractivity contribution in [1.29, 1.82) is 0 Å². The van der Waals surface area contributed by atoms with E-state index < -0.39 is 6.36 Å². The Morgan fingerprint density at radius 1 is 0.450 bits per heavy atom. The molecule has 0 saturated heterocycles. The highest BCUT2D eigenvalue weighted by molar-refractivity contribution is 8.07. The minimum Gasteiger partial charge on any atom is -0.460 e. The van der Waals surface area contributed by atoms with E-state index in [-0.39, 0.29) is 0 Å². The summed E-state index contributed by atoms with van der Waals surface area (Å²) in [6.45, 7) is 32.1. The van der Waals surface area contributed by atoms with Crippen LogP contribution >= 0.6 is 30.3 Å². The fourth-order valence-corrected chi connectivity index (χ4v) is 15.0. The van der Waals surface area contributed by atoms with Crippen LogP contribution in [0.4, 0.5) is 0 Å². The van der Waals surface area contributed by atoms with E-state index in [2.05, 4.69) is 167 Å². The lowest BCUT2D eigenvalue weighted by atomic mass is 9.89. The monoisotopic (exact) mass is 876 g/mol. The first-order chi connectivity index (χ1) is 28.4. The van der Waals surface area contributed by atoms with Crippen LogP contribution in [0.3, 0.4) is 0 Å². The highest BCUT2D eigenvalue weighted by atomic mass is 35.7. The highest BCUT2D eigenvalue weighted by Gasteiger charge is 2.39. The zero-order valence-corrected chi connectivity index (χ0v) is 42.2. The van der Waals surface area contributed by atoms with Crippen LogP contribution in [-0.2, 0) is 0 Å². The predicted octanol–water partition coefficient (Wildman–Crippen LogP) is 15.9. The van der Waals surface area contributed by atoms with Crippen molar-refractivity contribution in [2.24, 2.45) is 0 Å². The molecule has 0 fully saturated rings. The third kappa shape index (κ3) is 12.3. The minimum atomic E-state index is -3.31. The number of aromatic nitrogens is 2. The second kappa shape index (κ2) is 22.6. The van der Waals surface area contributed by atoms with Gasteiger partial charge in [-0.25, -0.2) is 9.13 Å². The number of rotatable bonds is 12. The summed E-state index contributed by atoms with van der Waals surface area (Å²) < 4.78 is 4.77. The van der Waals surface area contributed by atoms with Crippen molar-refractivity contribution in [2.75, 3.05) is 0 Å². The Bertz CT molecular complexity index is 1970. The SMILES string of the molecule is CC(C)c1cc(C(C)C)c([P-][Si](Cl)(Cl)c2n(-c3c(C(C)C)cccc3C(C)C)cc[n+]2-c2c(C(C)C)cccc2C(C)C)c(C(C)C)c1.c1ccccc1.c1ccccc1. The summed E-state index contributed by atoms with van der Waals surface area (Å²) in [4.78, 5) is 0. The fraction of sp³-hybridized carbons (Fsp3) is 0.389. The maximum absolute atomic E-state index is 8.08. The van der Waals surface area contributed by atoms with Gasteiger partial charge in [-0.3, -0.25) is 0 Å².